The summed E-state index contributed by atoms with van der Waals surface area (Å²) in [5.41, 5.74) is 1.39. The van der Waals surface area contributed by atoms with Crippen LogP contribution in [0.3, 0.4) is 0 Å². The van der Waals surface area contributed by atoms with Crippen LogP contribution in [-0.4, -0.2) is 53.9 Å². The van der Waals surface area contributed by atoms with Gasteiger partial charge in [0.2, 0.25) is 5.91 Å². The van der Waals surface area contributed by atoms with Crippen LogP contribution in [0, 0.1) is 23.2 Å². The lowest BCUT2D eigenvalue weighted by Gasteiger charge is -2.40. The van der Waals surface area contributed by atoms with Crippen molar-refractivity contribution in [3.05, 3.63) is 36.0 Å². The first-order valence-electron chi connectivity index (χ1n) is 11.1. The summed E-state index contributed by atoms with van der Waals surface area (Å²) in [5.74, 6) is -2.28. The van der Waals surface area contributed by atoms with E-state index in [1.165, 1.54) is 0 Å². The second-order valence-corrected chi connectivity index (χ2v) is 8.87. The minimum absolute atomic E-state index is 0. The Morgan fingerprint density at radius 1 is 1.15 bits per heavy atom. The van der Waals surface area contributed by atoms with E-state index in [1.807, 2.05) is 0 Å². The zero-order valence-electron chi connectivity index (χ0n) is 18.1. The standard InChI is InChI=1S/C24H25F3N4O2.CH4/c25-24(26,27)18-11-16(12-19(32)5-7-22(33)30-9-2-10-30)14-31(15-18)21-6-4-17(13-28)23-20(21)3-1-8-29-23;/h1,3-4,6,8,16,18H,2,5,7,9-12,14-15H2;1H4. The first-order chi connectivity index (χ1) is 15.8. The number of fused-ring (bicyclic) bond motifs is 1. The molecule has 1 aromatic heterocycles. The Labute approximate surface area is 197 Å². The van der Waals surface area contributed by atoms with Gasteiger partial charge in [0.25, 0.3) is 0 Å². The van der Waals surface area contributed by atoms with E-state index < -0.39 is 18.0 Å². The predicted octanol–water partition coefficient (Wildman–Crippen LogP) is 4.72. The van der Waals surface area contributed by atoms with E-state index in [9.17, 15) is 28.0 Å². The van der Waals surface area contributed by atoms with Crippen molar-refractivity contribution in [3.63, 3.8) is 0 Å². The summed E-state index contributed by atoms with van der Waals surface area (Å²) in [4.78, 5) is 32.1. The monoisotopic (exact) mass is 474 g/mol. The third-order valence-corrected chi connectivity index (χ3v) is 6.55. The Hall–Kier alpha value is -3.15. The number of nitriles is 1. The quantitative estimate of drug-likeness (QED) is 0.606. The number of anilines is 1. The lowest BCUT2D eigenvalue weighted by atomic mass is 9.84. The maximum atomic E-state index is 13.7. The van der Waals surface area contributed by atoms with Gasteiger partial charge in [-0.05, 0) is 43.0 Å². The molecule has 0 N–H and O–H groups in total. The number of amides is 1. The molecule has 6 nitrogen and oxygen atoms in total. The molecule has 4 rings (SSSR count). The van der Waals surface area contributed by atoms with Gasteiger partial charge in [-0.15, -0.1) is 0 Å². The minimum atomic E-state index is -4.38. The van der Waals surface area contributed by atoms with Crippen LogP contribution in [0.15, 0.2) is 30.5 Å². The lowest BCUT2D eigenvalue weighted by Crippen LogP contribution is -2.46. The van der Waals surface area contributed by atoms with Gasteiger partial charge in [0.05, 0.1) is 17.0 Å². The average Bonchev–Trinajstić information content (AvgIpc) is 2.75. The highest BCUT2D eigenvalue weighted by molar-refractivity contribution is 5.95. The van der Waals surface area contributed by atoms with Crippen LogP contribution < -0.4 is 4.90 Å². The second-order valence-electron chi connectivity index (χ2n) is 8.87. The Balaban J connectivity index is 0.00000324. The molecule has 182 valence electrons. The highest BCUT2D eigenvalue weighted by Crippen LogP contribution is 2.40. The molecule has 2 aliphatic heterocycles. The Morgan fingerprint density at radius 3 is 2.56 bits per heavy atom. The van der Waals surface area contributed by atoms with Crippen LogP contribution in [0.4, 0.5) is 18.9 Å². The Bertz CT molecular complexity index is 1090. The van der Waals surface area contributed by atoms with Crippen molar-refractivity contribution < 1.29 is 22.8 Å². The fraction of sp³-hybridized carbons (Fsp3) is 0.520. The molecule has 3 heterocycles. The molecule has 0 saturated carbocycles. The molecule has 2 aromatic rings. The van der Waals surface area contributed by atoms with Crippen molar-refractivity contribution in [2.24, 2.45) is 11.8 Å². The van der Waals surface area contributed by atoms with E-state index in [-0.39, 0.29) is 51.3 Å². The third-order valence-electron chi connectivity index (χ3n) is 6.55. The zero-order chi connectivity index (χ0) is 23.6. The molecular formula is C25H29F3N4O2. The molecule has 0 spiro atoms. The number of ketones is 1. The van der Waals surface area contributed by atoms with E-state index in [2.05, 4.69) is 11.1 Å². The number of Topliss-reactive ketones (excluding diaryl/α,β-unsaturated/α-hetero) is 1. The van der Waals surface area contributed by atoms with Crippen molar-refractivity contribution in [3.8, 4) is 6.07 Å². The van der Waals surface area contributed by atoms with Crippen LogP contribution in [0.25, 0.3) is 10.9 Å². The molecule has 0 radical (unpaired) electrons. The smallest absolute Gasteiger partial charge is 0.370 e. The van der Waals surface area contributed by atoms with Crippen molar-refractivity contribution >= 4 is 28.3 Å². The number of hydrogen-bond donors (Lipinski definition) is 0. The molecule has 2 unspecified atom stereocenters. The van der Waals surface area contributed by atoms with Gasteiger partial charge in [-0.1, -0.05) is 7.43 Å². The number of carbonyl (C=O) groups is 2. The molecule has 0 bridgehead atoms. The third kappa shape index (κ3) is 5.49. The van der Waals surface area contributed by atoms with Crippen LogP contribution in [0.2, 0.25) is 0 Å². The number of piperidine rings is 1. The number of pyridine rings is 1. The van der Waals surface area contributed by atoms with Crippen LogP contribution in [0.5, 0.6) is 0 Å². The first-order valence-corrected chi connectivity index (χ1v) is 11.1. The number of benzene rings is 1. The first kappa shape index (κ1) is 25.5. The molecule has 2 atom stereocenters. The highest BCUT2D eigenvalue weighted by Gasteiger charge is 2.45. The van der Waals surface area contributed by atoms with Crippen LogP contribution in [0.1, 0.15) is 45.1 Å². The van der Waals surface area contributed by atoms with Gasteiger partial charge in [0, 0.05) is 62.7 Å². The van der Waals surface area contributed by atoms with Gasteiger partial charge in [-0.25, -0.2) is 0 Å². The number of rotatable bonds is 6. The van der Waals surface area contributed by atoms with Crippen LogP contribution in [-0.2, 0) is 9.59 Å². The largest absolute Gasteiger partial charge is 0.393 e. The van der Waals surface area contributed by atoms with Gasteiger partial charge in [0.1, 0.15) is 11.9 Å². The summed E-state index contributed by atoms with van der Waals surface area (Å²) >= 11 is 0. The van der Waals surface area contributed by atoms with Gasteiger partial charge in [0.15, 0.2) is 0 Å². The Morgan fingerprint density at radius 2 is 1.91 bits per heavy atom. The molecule has 1 amide bonds. The normalized spacial score (nSPS) is 20.3. The molecule has 0 aliphatic carbocycles. The number of carbonyl (C=O) groups excluding carboxylic acids is 2. The van der Waals surface area contributed by atoms with E-state index in [4.69, 9.17) is 0 Å². The number of nitrogens with zero attached hydrogens (tertiary/aromatic N) is 4. The molecule has 2 saturated heterocycles. The number of likely N-dealkylation sites (tertiary alicyclic amines) is 1. The molecule has 9 heteroatoms. The predicted molar refractivity (Wildman–Crippen MR) is 123 cm³/mol. The summed E-state index contributed by atoms with van der Waals surface area (Å²) in [5, 5.41) is 9.97. The topological polar surface area (TPSA) is 77.3 Å². The molecule has 1 aromatic carbocycles. The maximum absolute atomic E-state index is 13.7. The summed E-state index contributed by atoms with van der Waals surface area (Å²) in [7, 11) is 0. The van der Waals surface area contributed by atoms with Crippen molar-refractivity contribution in [1.82, 2.24) is 9.88 Å². The summed E-state index contributed by atoms with van der Waals surface area (Å²) < 4.78 is 41.2. The van der Waals surface area contributed by atoms with E-state index in [0.717, 1.165) is 6.42 Å². The maximum Gasteiger partial charge on any atom is 0.393 e. The number of alkyl halides is 3. The summed E-state index contributed by atoms with van der Waals surface area (Å²) in [6.07, 6.45) is -1.79. The molecule has 34 heavy (non-hydrogen) atoms. The van der Waals surface area contributed by atoms with Crippen molar-refractivity contribution in [1.29, 1.82) is 5.26 Å². The zero-order valence-corrected chi connectivity index (χ0v) is 18.1. The van der Waals surface area contributed by atoms with Crippen LogP contribution >= 0.6 is 0 Å². The SMILES string of the molecule is C.N#Cc1ccc(N2CC(CC(=O)CCC(=O)N3CCC3)CC(C(F)(F)F)C2)c2cccnc12. The molecule has 2 fully saturated rings. The molecule has 2 aliphatic rings. The van der Waals surface area contributed by atoms with E-state index in [0.29, 0.717) is 41.8 Å². The minimum Gasteiger partial charge on any atom is -0.370 e. The Kier molecular flexibility index (Phi) is 7.80. The fourth-order valence-corrected chi connectivity index (χ4v) is 4.70. The average molecular weight is 475 g/mol. The van der Waals surface area contributed by atoms with Gasteiger partial charge < -0.3 is 9.80 Å². The lowest BCUT2D eigenvalue weighted by molar-refractivity contribution is -0.179. The molecular weight excluding hydrogens is 445 g/mol. The summed E-state index contributed by atoms with van der Waals surface area (Å²) in [6.45, 7) is 1.52. The number of hydrogen-bond acceptors (Lipinski definition) is 5. The van der Waals surface area contributed by atoms with Gasteiger partial charge >= 0.3 is 6.18 Å². The second kappa shape index (κ2) is 10.4. The van der Waals surface area contributed by atoms with Gasteiger partial charge in [-0.3, -0.25) is 14.6 Å². The fourth-order valence-electron chi connectivity index (χ4n) is 4.70. The number of halogens is 3. The van der Waals surface area contributed by atoms with E-state index >= 15 is 0 Å². The number of aromatic nitrogens is 1. The van der Waals surface area contributed by atoms with Crippen molar-refractivity contribution in [2.45, 2.75) is 45.7 Å². The van der Waals surface area contributed by atoms with Gasteiger partial charge in [-0.2, -0.15) is 18.4 Å². The summed E-state index contributed by atoms with van der Waals surface area (Å²) in [6, 6.07) is 8.74. The van der Waals surface area contributed by atoms with Crippen molar-refractivity contribution in [2.75, 3.05) is 31.1 Å². The highest BCUT2D eigenvalue weighted by atomic mass is 19.4. The van der Waals surface area contributed by atoms with E-state index in [1.54, 1.807) is 40.3 Å².